The molecule has 104 valence electrons. The fourth-order valence-electron chi connectivity index (χ4n) is 1.76. The number of ketones is 1. The Labute approximate surface area is 122 Å². The second-order valence-electron chi connectivity index (χ2n) is 4.27. The number of alkyl halides is 3. The molecular formula is C15H10BrF3O. The van der Waals surface area contributed by atoms with Crippen molar-refractivity contribution in [2.75, 3.05) is 0 Å². The highest BCUT2D eigenvalue weighted by Crippen LogP contribution is 2.29. The number of Topliss-reactive ketones (excluding diaryl/α,β-unsaturated/α-hetero) is 1. The Kier molecular flexibility index (Phi) is 4.28. The first-order valence-electron chi connectivity index (χ1n) is 5.82. The lowest BCUT2D eigenvalue weighted by Crippen LogP contribution is -2.07. The van der Waals surface area contributed by atoms with E-state index >= 15 is 0 Å². The molecule has 2 aromatic rings. The predicted octanol–water partition coefficient (Wildman–Crippen LogP) is 4.89. The molecule has 0 heterocycles. The van der Waals surface area contributed by atoms with Crippen LogP contribution < -0.4 is 0 Å². The molecule has 0 atom stereocenters. The number of carbonyl (C=O) groups excluding carboxylic acids is 1. The number of rotatable bonds is 3. The molecule has 0 amide bonds. The molecule has 0 saturated heterocycles. The largest absolute Gasteiger partial charge is 0.416 e. The van der Waals surface area contributed by atoms with Gasteiger partial charge in [-0.05, 0) is 23.8 Å². The van der Waals surface area contributed by atoms with Crippen LogP contribution in [-0.2, 0) is 12.6 Å². The van der Waals surface area contributed by atoms with Gasteiger partial charge >= 0.3 is 6.18 Å². The summed E-state index contributed by atoms with van der Waals surface area (Å²) in [6.45, 7) is 0. The van der Waals surface area contributed by atoms with Gasteiger partial charge in [-0.25, -0.2) is 0 Å². The zero-order chi connectivity index (χ0) is 14.8. The fraction of sp³-hybridized carbons (Fsp3) is 0.133. The number of halogens is 4. The molecule has 0 bridgehead atoms. The summed E-state index contributed by atoms with van der Waals surface area (Å²) in [6, 6.07) is 11.5. The number of hydrogen-bond acceptors (Lipinski definition) is 1. The van der Waals surface area contributed by atoms with E-state index in [0.29, 0.717) is 0 Å². The molecule has 0 aromatic heterocycles. The highest BCUT2D eigenvalue weighted by atomic mass is 79.9. The maximum Gasteiger partial charge on any atom is 0.416 e. The van der Waals surface area contributed by atoms with Crippen LogP contribution in [0.4, 0.5) is 13.2 Å². The van der Waals surface area contributed by atoms with Crippen molar-refractivity contribution in [1.29, 1.82) is 0 Å². The Hall–Kier alpha value is -1.62. The van der Waals surface area contributed by atoms with E-state index < -0.39 is 11.7 Å². The van der Waals surface area contributed by atoms with Gasteiger partial charge in [0.1, 0.15) is 0 Å². The minimum Gasteiger partial charge on any atom is -0.294 e. The normalized spacial score (nSPS) is 11.4. The Morgan fingerprint density at radius 3 is 2.15 bits per heavy atom. The van der Waals surface area contributed by atoms with Crippen LogP contribution in [0.15, 0.2) is 53.0 Å². The van der Waals surface area contributed by atoms with E-state index in [2.05, 4.69) is 15.9 Å². The maximum atomic E-state index is 12.4. The van der Waals surface area contributed by atoms with Crippen LogP contribution in [0.2, 0.25) is 0 Å². The molecule has 0 aliphatic carbocycles. The SMILES string of the molecule is O=C(Cc1ccccc1Br)c1ccc(C(F)(F)F)cc1. The molecule has 0 aliphatic rings. The summed E-state index contributed by atoms with van der Waals surface area (Å²) in [5.41, 5.74) is 0.320. The summed E-state index contributed by atoms with van der Waals surface area (Å²) in [6.07, 6.45) is -4.24. The number of benzene rings is 2. The molecule has 2 rings (SSSR count). The molecular weight excluding hydrogens is 333 g/mol. The Morgan fingerprint density at radius 1 is 1.00 bits per heavy atom. The van der Waals surface area contributed by atoms with Gasteiger partial charge in [0.25, 0.3) is 0 Å². The van der Waals surface area contributed by atoms with Gasteiger partial charge in [0, 0.05) is 16.5 Å². The predicted molar refractivity (Wildman–Crippen MR) is 73.6 cm³/mol. The van der Waals surface area contributed by atoms with Crippen molar-refractivity contribution < 1.29 is 18.0 Å². The fourth-order valence-corrected chi connectivity index (χ4v) is 2.19. The smallest absolute Gasteiger partial charge is 0.294 e. The highest BCUT2D eigenvalue weighted by Gasteiger charge is 2.30. The molecule has 0 spiro atoms. The average molecular weight is 343 g/mol. The Bertz CT molecular complexity index is 618. The average Bonchev–Trinajstić information content (AvgIpc) is 2.40. The van der Waals surface area contributed by atoms with Gasteiger partial charge in [0.2, 0.25) is 0 Å². The molecule has 0 fully saturated rings. The molecule has 1 nitrogen and oxygen atoms in total. The third-order valence-corrected chi connectivity index (χ3v) is 3.62. The minimum atomic E-state index is -4.38. The molecule has 0 N–H and O–H groups in total. The molecule has 0 saturated carbocycles. The van der Waals surface area contributed by atoms with Crippen molar-refractivity contribution in [2.24, 2.45) is 0 Å². The van der Waals surface area contributed by atoms with E-state index in [-0.39, 0.29) is 17.8 Å². The van der Waals surface area contributed by atoms with Crippen LogP contribution in [0.1, 0.15) is 21.5 Å². The van der Waals surface area contributed by atoms with Gasteiger partial charge in [-0.3, -0.25) is 4.79 Å². The summed E-state index contributed by atoms with van der Waals surface area (Å²) in [7, 11) is 0. The molecule has 20 heavy (non-hydrogen) atoms. The first-order valence-corrected chi connectivity index (χ1v) is 6.61. The van der Waals surface area contributed by atoms with Gasteiger partial charge in [-0.2, -0.15) is 13.2 Å². The van der Waals surface area contributed by atoms with Crippen LogP contribution in [0.5, 0.6) is 0 Å². The standard InChI is InChI=1S/C15H10BrF3O/c16-13-4-2-1-3-11(13)9-14(20)10-5-7-12(8-6-10)15(17,18)19/h1-8H,9H2. The molecule has 2 aromatic carbocycles. The lowest BCUT2D eigenvalue weighted by Gasteiger charge is -2.08. The molecule has 0 aliphatic heterocycles. The summed E-state index contributed by atoms with van der Waals surface area (Å²) in [5, 5.41) is 0. The van der Waals surface area contributed by atoms with Gasteiger partial charge in [0.15, 0.2) is 5.78 Å². The third kappa shape index (κ3) is 3.48. The maximum absolute atomic E-state index is 12.4. The summed E-state index contributed by atoms with van der Waals surface area (Å²) in [4.78, 5) is 12.0. The number of hydrogen-bond donors (Lipinski definition) is 0. The van der Waals surface area contributed by atoms with Crippen molar-refractivity contribution in [3.63, 3.8) is 0 Å². The zero-order valence-corrected chi connectivity index (χ0v) is 11.8. The Morgan fingerprint density at radius 2 is 1.60 bits per heavy atom. The van der Waals surface area contributed by atoms with Crippen molar-refractivity contribution in [3.8, 4) is 0 Å². The summed E-state index contributed by atoms with van der Waals surface area (Å²) >= 11 is 3.33. The molecule has 0 unspecified atom stereocenters. The van der Waals surface area contributed by atoms with Gasteiger partial charge in [-0.1, -0.05) is 46.3 Å². The van der Waals surface area contributed by atoms with Crippen molar-refractivity contribution in [3.05, 3.63) is 69.7 Å². The van der Waals surface area contributed by atoms with Gasteiger partial charge in [0.05, 0.1) is 5.56 Å². The third-order valence-electron chi connectivity index (χ3n) is 2.84. The first kappa shape index (κ1) is 14.8. The molecule has 0 radical (unpaired) electrons. The van der Waals surface area contributed by atoms with Crippen molar-refractivity contribution in [1.82, 2.24) is 0 Å². The second kappa shape index (κ2) is 5.79. The van der Waals surface area contributed by atoms with Gasteiger partial charge in [-0.15, -0.1) is 0 Å². The number of carbonyl (C=O) groups is 1. The van der Waals surface area contributed by atoms with Crippen LogP contribution in [0.3, 0.4) is 0 Å². The lowest BCUT2D eigenvalue weighted by molar-refractivity contribution is -0.137. The van der Waals surface area contributed by atoms with E-state index in [1.165, 1.54) is 12.1 Å². The summed E-state index contributed by atoms with van der Waals surface area (Å²) in [5.74, 6) is -0.217. The van der Waals surface area contributed by atoms with Crippen molar-refractivity contribution >= 4 is 21.7 Å². The van der Waals surface area contributed by atoms with E-state index in [0.717, 1.165) is 22.2 Å². The minimum absolute atomic E-state index is 0.146. The first-order chi connectivity index (χ1) is 9.38. The molecule has 5 heteroatoms. The van der Waals surface area contributed by atoms with Crippen LogP contribution >= 0.6 is 15.9 Å². The topological polar surface area (TPSA) is 17.1 Å². The highest BCUT2D eigenvalue weighted by molar-refractivity contribution is 9.10. The van der Waals surface area contributed by atoms with Crippen LogP contribution in [0.25, 0.3) is 0 Å². The van der Waals surface area contributed by atoms with Crippen LogP contribution in [-0.4, -0.2) is 5.78 Å². The van der Waals surface area contributed by atoms with Crippen molar-refractivity contribution in [2.45, 2.75) is 12.6 Å². The zero-order valence-electron chi connectivity index (χ0n) is 10.2. The summed E-state index contributed by atoms with van der Waals surface area (Å²) < 4.78 is 38.1. The quantitative estimate of drug-likeness (QED) is 0.725. The monoisotopic (exact) mass is 342 g/mol. The van der Waals surface area contributed by atoms with Crippen LogP contribution in [0, 0.1) is 0 Å². The second-order valence-corrected chi connectivity index (χ2v) is 5.12. The lowest BCUT2D eigenvalue weighted by atomic mass is 10.0. The van der Waals surface area contributed by atoms with E-state index in [4.69, 9.17) is 0 Å². The van der Waals surface area contributed by atoms with E-state index in [1.54, 1.807) is 12.1 Å². The van der Waals surface area contributed by atoms with Gasteiger partial charge < -0.3 is 0 Å². The Balaban J connectivity index is 2.16. The van der Waals surface area contributed by atoms with E-state index in [1.807, 2.05) is 12.1 Å². The van der Waals surface area contributed by atoms with E-state index in [9.17, 15) is 18.0 Å².